The first kappa shape index (κ1) is 16.3. The standard InChI is InChI=1S/C13H17ClF3NO/c1-3-18-8-12(19-9(2)13(15,16)17)10-4-6-11(14)7-5-10/h4-7,9,12,18H,3,8H2,1-2H3. The van der Waals surface area contributed by atoms with Crippen LogP contribution < -0.4 is 5.32 Å². The van der Waals surface area contributed by atoms with E-state index in [2.05, 4.69) is 5.32 Å². The van der Waals surface area contributed by atoms with Crippen molar-refractivity contribution in [1.29, 1.82) is 0 Å². The molecule has 0 aromatic heterocycles. The lowest BCUT2D eigenvalue weighted by Crippen LogP contribution is -2.33. The minimum atomic E-state index is -4.36. The van der Waals surface area contributed by atoms with E-state index in [-0.39, 0.29) is 0 Å². The van der Waals surface area contributed by atoms with Crippen molar-refractivity contribution in [2.45, 2.75) is 32.2 Å². The van der Waals surface area contributed by atoms with Gasteiger partial charge in [-0.05, 0) is 31.2 Å². The quantitative estimate of drug-likeness (QED) is 0.858. The summed E-state index contributed by atoms with van der Waals surface area (Å²) in [5.74, 6) is 0. The van der Waals surface area contributed by atoms with Crippen molar-refractivity contribution < 1.29 is 17.9 Å². The van der Waals surface area contributed by atoms with E-state index in [1.807, 2.05) is 6.92 Å². The zero-order chi connectivity index (χ0) is 14.5. The minimum Gasteiger partial charge on any atom is -0.360 e. The molecule has 0 radical (unpaired) electrons. The van der Waals surface area contributed by atoms with Crippen molar-refractivity contribution in [3.63, 3.8) is 0 Å². The summed E-state index contributed by atoms with van der Waals surface area (Å²) in [6.07, 6.45) is -6.84. The van der Waals surface area contributed by atoms with Crippen molar-refractivity contribution in [2.75, 3.05) is 13.1 Å². The van der Waals surface area contributed by atoms with Gasteiger partial charge in [-0.15, -0.1) is 0 Å². The SMILES string of the molecule is CCNCC(OC(C)C(F)(F)F)c1ccc(Cl)cc1. The van der Waals surface area contributed by atoms with Gasteiger partial charge in [0.2, 0.25) is 0 Å². The average Bonchev–Trinajstić information content (AvgIpc) is 2.34. The first-order chi connectivity index (χ1) is 8.84. The maximum Gasteiger partial charge on any atom is 0.414 e. The summed E-state index contributed by atoms with van der Waals surface area (Å²) < 4.78 is 42.7. The van der Waals surface area contributed by atoms with Crippen molar-refractivity contribution in [2.24, 2.45) is 0 Å². The van der Waals surface area contributed by atoms with Crippen LogP contribution in [-0.4, -0.2) is 25.4 Å². The fraction of sp³-hybridized carbons (Fsp3) is 0.538. The van der Waals surface area contributed by atoms with E-state index in [0.29, 0.717) is 23.7 Å². The van der Waals surface area contributed by atoms with E-state index in [1.165, 1.54) is 0 Å². The van der Waals surface area contributed by atoms with Gasteiger partial charge in [-0.3, -0.25) is 0 Å². The Balaban J connectivity index is 2.79. The molecule has 6 heteroatoms. The molecule has 108 valence electrons. The molecule has 2 nitrogen and oxygen atoms in total. The second kappa shape index (κ2) is 7.12. The number of hydrogen-bond donors (Lipinski definition) is 1. The first-order valence-corrected chi connectivity index (χ1v) is 6.40. The summed E-state index contributed by atoms with van der Waals surface area (Å²) in [4.78, 5) is 0. The van der Waals surface area contributed by atoms with E-state index < -0.39 is 18.4 Å². The predicted octanol–water partition coefficient (Wildman–Crippen LogP) is 3.96. The molecule has 2 unspecified atom stereocenters. The highest BCUT2D eigenvalue weighted by Crippen LogP contribution is 2.28. The van der Waals surface area contributed by atoms with Crippen LogP contribution in [0.1, 0.15) is 25.5 Å². The van der Waals surface area contributed by atoms with Gasteiger partial charge >= 0.3 is 6.18 Å². The van der Waals surface area contributed by atoms with E-state index in [9.17, 15) is 13.2 Å². The molecule has 0 saturated carbocycles. The topological polar surface area (TPSA) is 21.3 Å². The molecule has 0 bridgehead atoms. The van der Waals surface area contributed by atoms with Crippen LogP contribution >= 0.6 is 11.6 Å². The molecule has 0 amide bonds. The summed E-state index contributed by atoms with van der Waals surface area (Å²) >= 11 is 5.76. The van der Waals surface area contributed by atoms with E-state index >= 15 is 0 Å². The Hall–Kier alpha value is -0.780. The monoisotopic (exact) mass is 295 g/mol. The Bertz CT molecular complexity index is 380. The highest BCUT2D eigenvalue weighted by Gasteiger charge is 2.38. The molecule has 1 N–H and O–H groups in total. The Morgan fingerprint density at radius 1 is 1.26 bits per heavy atom. The molecular formula is C13H17ClF3NO. The van der Waals surface area contributed by atoms with Crippen molar-refractivity contribution in [1.82, 2.24) is 5.32 Å². The van der Waals surface area contributed by atoms with Gasteiger partial charge in [-0.2, -0.15) is 13.2 Å². The number of halogens is 4. The molecule has 0 aliphatic rings. The number of rotatable bonds is 6. The Morgan fingerprint density at radius 2 is 1.84 bits per heavy atom. The molecule has 0 aliphatic heterocycles. The van der Waals surface area contributed by atoms with Crippen LogP contribution in [0.4, 0.5) is 13.2 Å². The molecule has 0 spiro atoms. The Morgan fingerprint density at radius 3 is 2.32 bits per heavy atom. The molecule has 0 heterocycles. The molecule has 19 heavy (non-hydrogen) atoms. The third kappa shape index (κ3) is 5.38. The summed E-state index contributed by atoms with van der Waals surface area (Å²) in [7, 11) is 0. The number of alkyl halides is 3. The molecule has 1 aromatic rings. The summed E-state index contributed by atoms with van der Waals surface area (Å²) in [5, 5.41) is 3.53. The third-order valence-corrected chi connectivity index (χ3v) is 2.90. The van der Waals surface area contributed by atoms with E-state index in [1.54, 1.807) is 24.3 Å². The lowest BCUT2D eigenvalue weighted by Gasteiger charge is -2.24. The van der Waals surface area contributed by atoms with Gasteiger partial charge < -0.3 is 10.1 Å². The van der Waals surface area contributed by atoms with E-state index in [4.69, 9.17) is 16.3 Å². The van der Waals surface area contributed by atoms with Crippen LogP contribution in [0.2, 0.25) is 5.02 Å². The fourth-order valence-electron chi connectivity index (χ4n) is 1.52. The van der Waals surface area contributed by atoms with Gasteiger partial charge in [0.1, 0.15) is 0 Å². The van der Waals surface area contributed by atoms with Gasteiger partial charge in [0.25, 0.3) is 0 Å². The maximum atomic E-state index is 12.5. The number of likely N-dealkylation sites (N-methyl/N-ethyl adjacent to an activating group) is 1. The van der Waals surface area contributed by atoms with Gasteiger partial charge in [0.05, 0.1) is 6.10 Å². The number of nitrogens with one attached hydrogen (secondary N) is 1. The van der Waals surface area contributed by atoms with Crippen LogP contribution in [0.5, 0.6) is 0 Å². The number of benzene rings is 1. The Kier molecular flexibility index (Phi) is 6.10. The highest BCUT2D eigenvalue weighted by molar-refractivity contribution is 6.30. The fourth-order valence-corrected chi connectivity index (χ4v) is 1.65. The molecule has 0 aliphatic carbocycles. The predicted molar refractivity (Wildman–Crippen MR) is 69.3 cm³/mol. The summed E-state index contributed by atoms with van der Waals surface area (Å²) in [6.45, 7) is 3.87. The van der Waals surface area contributed by atoms with Crippen molar-refractivity contribution >= 4 is 11.6 Å². The molecular weight excluding hydrogens is 279 g/mol. The lowest BCUT2D eigenvalue weighted by atomic mass is 10.1. The van der Waals surface area contributed by atoms with Gasteiger partial charge in [-0.1, -0.05) is 30.7 Å². The highest BCUT2D eigenvalue weighted by atomic mass is 35.5. The van der Waals surface area contributed by atoms with Gasteiger partial charge in [-0.25, -0.2) is 0 Å². The minimum absolute atomic E-state index is 0.318. The van der Waals surface area contributed by atoms with Crippen LogP contribution in [0.25, 0.3) is 0 Å². The van der Waals surface area contributed by atoms with E-state index in [0.717, 1.165) is 6.92 Å². The Labute approximate surface area is 115 Å². The lowest BCUT2D eigenvalue weighted by molar-refractivity contribution is -0.227. The second-order valence-electron chi connectivity index (χ2n) is 4.17. The molecule has 1 aromatic carbocycles. The van der Waals surface area contributed by atoms with Crippen LogP contribution in [-0.2, 0) is 4.74 Å². The first-order valence-electron chi connectivity index (χ1n) is 6.03. The second-order valence-corrected chi connectivity index (χ2v) is 4.60. The van der Waals surface area contributed by atoms with Crippen molar-refractivity contribution in [3.8, 4) is 0 Å². The van der Waals surface area contributed by atoms with Crippen LogP contribution in [0.15, 0.2) is 24.3 Å². The molecule has 1 rings (SSSR count). The number of ether oxygens (including phenoxy) is 1. The average molecular weight is 296 g/mol. The van der Waals surface area contributed by atoms with Gasteiger partial charge in [0.15, 0.2) is 6.10 Å². The number of hydrogen-bond acceptors (Lipinski definition) is 2. The smallest absolute Gasteiger partial charge is 0.360 e. The maximum absolute atomic E-state index is 12.5. The van der Waals surface area contributed by atoms with Crippen molar-refractivity contribution in [3.05, 3.63) is 34.9 Å². The third-order valence-electron chi connectivity index (χ3n) is 2.65. The largest absolute Gasteiger partial charge is 0.414 e. The van der Waals surface area contributed by atoms with Crippen LogP contribution in [0.3, 0.4) is 0 Å². The van der Waals surface area contributed by atoms with Crippen LogP contribution in [0, 0.1) is 0 Å². The molecule has 0 saturated heterocycles. The normalized spacial score (nSPS) is 15.3. The van der Waals surface area contributed by atoms with Gasteiger partial charge in [0, 0.05) is 11.6 Å². The summed E-state index contributed by atoms with van der Waals surface area (Å²) in [5.41, 5.74) is 0.668. The zero-order valence-electron chi connectivity index (χ0n) is 10.8. The molecule has 0 fully saturated rings. The molecule has 2 atom stereocenters. The zero-order valence-corrected chi connectivity index (χ0v) is 11.6. The summed E-state index contributed by atoms with van der Waals surface area (Å²) in [6, 6.07) is 6.62.